The molecule has 0 saturated carbocycles. The minimum Gasteiger partial charge on any atom is -0.368 e. The molecule has 0 unspecified atom stereocenters. The predicted octanol–water partition coefficient (Wildman–Crippen LogP) is 1.50. The number of hydrogen-bond donors (Lipinski definition) is 1. The molecule has 5 nitrogen and oxygen atoms in total. The summed E-state index contributed by atoms with van der Waals surface area (Å²) in [6, 6.07) is 10.2. The molecular formula is C17H25N3O2. The molecule has 0 atom stereocenters. The molecule has 0 aliphatic carbocycles. The number of nitrogens with one attached hydrogen (secondary N) is 1. The van der Waals surface area contributed by atoms with E-state index in [0.717, 1.165) is 13.1 Å². The van der Waals surface area contributed by atoms with Crippen molar-refractivity contribution in [2.24, 2.45) is 5.92 Å². The van der Waals surface area contributed by atoms with E-state index in [-0.39, 0.29) is 18.4 Å². The van der Waals surface area contributed by atoms with Gasteiger partial charge in [-0.1, -0.05) is 32.0 Å². The molecule has 1 heterocycles. The van der Waals surface area contributed by atoms with Crippen LogP contribution in [0.4, 0.5) is 5.69 Å². The number of hydrogen-bond acceptors (Lipinski definition) is 3. The standard InChI is InChI=1S/C17H25N3O2/c1-14(2)12-16(21)18-13-17(22)20-10-8-19(9-11-20)15-6-4-3-5-7-15/h3-7,14H,8-13H2,1-2H3,(H,18,21). The fourth-order valence-corrected chi connectivity index (χ4v) is 2.58. The molecule has 22 heavy (non-hydrogen) atoms. The van der Waals surface area contributed by atoms with Gasteiger partial charge in [0, 0.05) is 38.3 Å². The minimum absolute atomic E-state index is 0.00446. The fraction of sp³-hybridized carbons (Fsp3) is 0.529. The van der Waals surface area contributed by atoms with Gasteiger partial charge in [-0.2, -0.15) is 0 Å². The fourth-order valence-electron chi connectivity index (χ4n) is 2.58. The summed E-state index contributed by atoms with van der Waals surface area (Å²) in [7, 11) is 0. The number of rotatable bonds is 5. The molecule has 2 amide bonds. The predicted molar refractivity (Wildman–Crippen MR) is 87.7 cm³/mol. The van der Waals surface area contributed by atoms with Crippen molar-refractivity contribution in [3.63, 3.8) is 0 Å². The van der Waals surface area contributed by atoms with Gasteiger partial charge in [-0.3, -0.25) is 9.59 Å². The van der Waals surface area contributed by atoms with Crippen molar-refractivity contribution in [2.75, 3.05) is 37.6 Å². The van der Waals surface area contributed by atoms with Crippen LogP contribution >= 0.6 is 0 Å². The number of piperazine rings is 1. The first-order valence-corrected chi connectivity index (χ1v) is 7.90. The van der Waals surface area contributed by atoms with Crippen LogP contribution in [0.2, 0.25) is 0 Å². The highest BCUT2D eigenvalue weighted by atomic mass is 16.2. The molecule has 1 fully saturated rings. The number of anilines is 1. The third kappa shape index (κ3) is 4.76. The third-order valence-corrected chi connectivity index (χ3v) is 3.78. The molecule has 5 heteroatoms. The molecule has 0 aromatic heterocycles. The number of para-hydroxylation sites is 1. The maximum absolute atomic E-state index is 12.1. The molecule has 2 rings (SSSR count). The highest BCUT2D eigenvalue weighted by molar-refractivity contribution is 5.84. The van der Waals surface area contributed by atoms with E-state index >= 15 is 0 Å². The van der Waals surface area contributed by atoms with Crippen molar-refractivity contribution >= 4 is 17.5 Å². The number of amides is 2. The average molecular weight is 303 g/mol. The number of carbonyl (C=O) groups is 2. The molecule has 0 spiro atoms. The highest BCUT2D eigenvalue weighted by Gasteiger charge is 2.21. The quantitative estimate of drug-likeness (QED) is 0.897. The summed E-state index contributed by atoms with van der Waals surface area (Å²) in [5.41, 5.74) is 1.19. The Labute approximate surface area is 132 Å². The van der Waals surface area contributed by atoms with E-state index in [1.54, 1.807) is 0 Å². The lowest BCUT2D eigenvalue weighted by Gasteiger charge is -2.36. The molecule has 1 aliphatic rings. The first kappa shape index (κ1) is 16.3. The molecule has 1 aliphatic heterocycles. The SMILES string of the molecule is CC(C)CC(=O)NCC(=O)N1CCN(c2ccccc2)CC1. The van der Waals surface area contributed by atoms with Crippen molar-refractivity contribution in [1.82, 2.24) is 10.2 Å². The zero-order valence-electron chi connectivity index (χ0n) is 13.4. The molecule has 0 radical (unpaired) electrons. The van der Waals surface area contributed by atoms with Crippen LogP contribution in [0.15, 0.2) is 30.3 Å². The maximum atomic E-state index is 12.1. The van der Waals surface area contributed by atoms with Crippen LogP contribution in [0.3, 0.4) is 0 Å². The van der Waals surface area contributed by atoms with Gasteiger partial charge in [-0.25, -0.2) is 0 Å². The topological polar surface area (TPSA) is 52.7 Å². The second-order valence-electron chi connectivity index (χ2n) is 6.08. The molecule has 1 saturated heterocycles. The highest BCUT2D eigenvalue weighted by Crippen LogP contribution is 2.15. The number of carbonyl (C=O) groups excluding carboxylic acids is 2. The van der Waals surface area contributed by atoms with Crippen LogP contribution in [-0.4, -0.2) is 49.4 Å². The van der Waals surface area contributed by atoms with Gasteiger partial charge in [0.1, 0.15) is 0 Å². The molecule has 0 bridgehead atoms. The van der Waals surface area contributed by atoms with E-state index in [2.05, 4.69) is 22.3 Å². The zero-order chi connectivity index (χ0) is 15.9. The van der Waals surface area contributed by atoms with E-state index in [1.165, 1.54) is 5.69 Å². The van der Waals surface area contributed by atoms with Crippen LogP contribution in [0, 0.1) is 5.92 Å². The minimum atomic E-state index is -0.0497. The Balaban J connectivity index is 1.74. The van der Waals surface area contributed by atoms with Gasteiger partial charge in [-0.05, 0) is 18.1 Å². The van der Waals surface area contributed by atoms with Crippen molar-refractivity contribution < 1.29 is 9.59 Å². The largest absolute Gasteiger partial charge is 0.368 e. The van der Waals surface area contributed by atoms with Gasteiger partial charge < -0.3 is 15.1 Å². The molecule has 120 valence electrons. The van der Waals surface area contributed by atoms with Gasteiger partial charge in [0.2, 0.25) is 11.8 Å². The smallest absolute Gasteiger partial charge is 0.242 e. The molecule has 1 aromatic carbocycles. The van der Waals surface area contributed by atoms with Gasteiger partial charge in [-0.15, -0.1) is 0 Å². The molecular weight excluding hydrogens is 278 g/mol. The Hall–Kier alpha value is -2.04. The summed E-state index contributed by atoms with van der Waals surface area (Å²) in [5.74, 6) is 0.264. The van der Waals surface area contributed by atoms with Crippen LogP contribution in [-0.2, 0) is 9.59 Å². The summed E-state index contributed by atoms with van der Waals surface area (Å²) >= 11 is 0. The first-order chi connectivity index (χ1) is 10.6. The van der Waals surface area contributed by atoms with Crippen molar-refractivity contribution in [3.8, 4) is 0 Å². The van der Waals surface area contributed by atoms with Crippen molar-refractivity contribution in [2.45, 2.75) is 20.3 Å². The Morgan fingerprint density at radius 3 is 2.32 bits per heavy atom. The van der Waals surface area contributed by atoms with Gasteiger partial charge in [0.15, 0.2) is 0 Å². The van der Waals surface area contributed by atoms with Crippen LogP contribution < -0.4 is 10.2 Å². The van der Waals surface area contributed by atoms with E-state index in [4.69, 9.17) is 0 Å². The Kier molecular flexibility index (Phi) is 5.81. The van der Waals surface area contributed by atoms with Gasteiger partial charge >= 0.3 is 0 Å². The van der Waals surface area contributed by atoms with Crippen molar-refractivity contribution in [1.29, 1.82) is 0 Å². The Morgan fingerprint density at radius 1 is 1.09 bits per heavy atom. The summed E-state index contributed by atoms with van der Waals surface area (Å²) in [6.45, 7) is 7.15. The Bertz CT molecular complexity index is 494. The second kappa shape index (κ2) is 7.82. The van der Waals surface area contributed by atoms with Crippen LogP contribution in [0.5, 0.6) is 0 Å². The summed E-state index contributed by atoms with van der Waals surface area (Å²) < 4.78 is 0. The number of benzene rings is 1. The Morgan fingerprint density at radius 2 is 1.73 bits per heavy atom. The van der Waals surface area contributed by atoms with E-state index < -0.39 is 0 Å². The molecule has 1 aromatic rings. The lowest BCUT2D eigenvalue weighted by atomic mass is 10.1. The van der Waals surface area contributed by atoms with Gasteiger partial charge in [0.05, 0.1) is 6.54 Å². The zero-order valence-corrected chi connectivity index (χ0v) is 13.4. The van der Waals surface area contributed by atoms with Crippen LogP contribution in [0.1, 0.15) is 20.3 Å². The average Bonchev–Trinajstić information content (AvgIpc) is 2.53. The third-order valence-electron chi connectivity index (χ3n) is 3.78. The monoisotopic (exact) mass is 303 g/mol. The lowest BCUT2D eigenvalue weighted by molar-refractivity contribution is -0.133. The summed E-state index contributed by atoms with van der Waals surface area (Å²) in [5, 5.41) is 2.71. The van der Waals surface area contributed by atoms with E-state index in [9.17, 15) is 9.59 Å². The normalized spacial score (nSPS) is 15.0. The van der Waals surface area contributed by atoms with Crippen LogP contribution in [0.25, 0.3) is 0 Å². The first-order valence-electron chi connectivity index (χ1n) is 7.90. The second-order valence-corrected chi connectivity index (χ2v) is 6.08. The van der Waals surface area contributed by atoms with Gasteiger partial charge in [0.25, 0.3) is 0 Å². The summed E-state index contributed by atoms with van der Waals surface area (Å²) in [6.07, 6.45) is 0.467. The molecule has 1 N–H and O–H groups in total. The summed E-state index contributed by atoms with van der Waals surface area (Å²) in [4.78, 5) is 27.8. The lowest BCUT2D eigenvalue weighted by Crippen LogP contribution is -2.51. The number of nitrogens with zero attached hydrogens (tertiary/aromatic N) is 2. The maximum Gasteiger partial charge on any atom is 0.242 e. The van der Waals surface area contributed by atoms with Crippen molar-refractivity contribution in [3.05, 3.63) is 30.3 Å². The van der Waals surface area contributed by atoms with E-state index in [1.807, 2.05) is 36.9 Å². The van der Waals surface area contributed by atoms with E-state index in [0.29, 0.717) is 25.4 Å².